The van der Waals surface area contributed by atoms with Gasteiger partial charge in [0, 0.05) is 36.0 Å². The number of hydrogen-bond donors (Lipinski definition) is 6. The quantitative estimate of drug-likeness (QED) is 0.365. The standard InChI is InChI=1S/C18H27BClN3O4/c20-13-3-1-10-6-16(23-8-12(10)5-13)17(21)15(19(26)27)4-2-11-7-22-9-14(11)18(24)25/h1,3,5,11,14-17,22-23,26-27H,2,4,6-9,21H2,(H,24,25)/t11?,14?,15-,16?,17?/m0/s1. The van der Waals surface area contributed by atoms with E-state index in [1.54, 1.807) is 0 Å². The molecule has 3 rings (SSSR count). The minimum absolute atomic E-state index is 0.0156. The Kier molecular flexibility index (Phi) is 6.78. The van der Waals surface area contributed by atoms with Crippen molar-refractivity contribution in [3.63, 3.8) is 0 Å². The summed E-state index contributed by atoms with van der Waals surface area (Å²) >= 11 is 6.04. The fraction of sp³-hybridized carbons (Fsp3) is 0.611. The predicted molar refractivity (Wildman–Crippen MR) is 104 cm³/mol. The third kappa shape index (κ3) is 4.82. The van der Waals surface area contributed by atoms with Crippen molar-refractivity contribution in [3.05, 3.63) is 34.3 Å². The Morgan fingerprint density at radius 2 is 2.11 bits per heavy atom. The van der Waals surface area contributed by atoms with Crippen molar-refractivity contribution in [3.8, 4) is 0 Å². The lowest BCUT2D eigenvalue weighted by Crippen LogP contribution is -2.53. The van der Waals surface area contributed by atoms with Gasteiger partial charge in [0.25, 0.3) is 0 Å². The SMILES string of the molecule is NC(C1Cc2ccc(Cl)cc2CN1)[C@H](CCC1CNCC1C(=O)O)B(O)O. The summed E-state index contributed by atoms with van der Waals surface area (Å²) in [5.41, 5.74) is 8.71. The Morgan fingerprint density at radius 3 is 2.81 bits per heavy atom. The Bertz CT molecular complexity index is 678. The summed E-state index contributed by atoms with van der Waals surface area (Å²) in [5.74, 6) is -1.77. The first-order valence-corrected chi connectivity index (χ1v) is 9.80. The maximum absolute atomic E-state index is 11.3. The molecule has 7 nitrogen and oxygen atoms in total. The summed E-state index contributed by atoms with van der Waals surface area (Å²) in [6.45, 7) is 1.73. The van der Waals surface area contributed by atoms with Crippen LogP contribution in [0.4, 0.5) is 0 Å². The van der Waals surface area contributed by atoms with Gasteiger partial charge in [0.1, 0.15) is 0 Å². The molecule has 27 heavy (non-hydrogen) atoms. The Labute approximate surface area is 164 Å². The van der Waals surface area contributed by atoms with Gasteiger partial charge < -0.3 is 31.5 Å². The van der Waals surface area contributed by atoms with E-state index in [-0.39, 0.29) is 12.0 Å². The van der Waals surface area contributed by atoms with Crippen LogP contribution in [0.3, 0.4) is 0 Å². The van der Waals surface area contributed by atoms with E-state index < -0.39 is 30.9 Å². The third-order valence-electron chi connectivity index (χ3n) is 6.03. The molecular formula is C18H27BClN3O4. The number of hydrogen-bond acceptors (Lipinski definition) is 6. The van der Waals surface area contributed by atoms with Crippen LogP contribution >= 0.6 is 11.6 Å². The topological polar surface area (TPSA) is 128 Å². The van der Waals surface area contributed by atoms with E-state index >= 15 is 0 Å². The molecule has 1 saturated heterocycles. The Hall–Kier alpha value is -1.16. The van der Waals surface area contributed by atoms with Crippen molar-refractivity contribution in [1.29, 1.82) is 0 Å². The van der Waals surface area contributed by atoms with E-state index in [2.05, 4.69) is 10.6 Å². The summed E-state index contributed by atoms with van der Waals surface area (Å²) in [6, 6.07) is 5.24. The number of fused-ring (bicyclic) bond motifs is 1. The fourth-order valence-corrected chi connectivity index (χ4v) is 4.55. The van der Waals surface area contributed by atoms with Crippen molar-refractivity contribution < 1.29 is 19.9 Å². The second-order valence-corrected chi connectivity index (χ2v) is 8.14. The molecule has 1 aromatic rings. The van der Waals surface area contributed by atoms with Crippen LogP contribution in [0.1, 0.15) is 24.0 Å². The van der Waals surface area contributed by atoms with Crippen molar-refractivity contribution in [2.45, 2.75) is 43.7 Å². The molecule has 1 fully saturated rings. The van der Waals surface area contributed by atoms with Crippen molar-refractivity contribution in [2.24, 2.45) is 17.6 Å². The van der Waals surface area contributed by atoms with Crippen LogP contribution in [0.25, 0.3) is 0 Å². The smallest absolute Gasteiger partial charge is 0.456 e. The van der Waals surface area contributed by atoms with E-state index in [1.807, 2.05) is 18.2 Å². The lowest BCUT2D eigenvalue weighted by molar-refractivity contribution is -0.142. The van der Waals surface area contributed by atoms with E-state index in [0.29, 0.717) is 43.9 Å². The number of benzene rings is 1. The first-order valence-electron chi connectivity index (χ1n) is 9.42. The van der Waals surface area contributed by atoms with Gasteiger partial charge in [-0.1, -0.05) is 24.1 Å². The van der Waals surface area contributed by atoms with Gasteiger partial charge in [-0.25, -0.2) is 0 Å². The summed E-state index contributed by atoms with van der Waals surface area (Å²) < 4.78 is 0. The zero-order valence-corrected chi connectivity index (χ0v) is 15.9. The molecule has 0 spiro atoms. The number of rotatable bonds is 7. The second kappa shape index (κ2) is 8.90. The van der Waals surface area contributed by atoms with E-state index in [0.717, 1.165) is 11.1 Å². The summed E-state index contributed by atoms with van der Waals surface area (Å²) in [5, 5.41) is 36.3. The highest BCUT2D eigenvalue weighted by Crippen LogP contribution is 2.31. The van der Waals surface area contributed by atoms with E-state index in [1.165, 1.54) is 0 Å². The number of carbonyl (C=O) groups is 1. The van der Waals surface area contributed by atoms with Gasteiger partial charge in [-0.15, -0.1) is 0 Å². The molecule has 4 unspecified atom stereocenters. The maximum atomic E-state index is 11.3. The molecular weight excluding hydrogens is 368 g/mol. The van der Waals surface area contributed by atoms with Gasteiger partial charge in [0.2, 0.25) is 0 Å². The van der Waals surface area contributed by atoms with Crippen LogP contribution < -0.4 is 16.4 Å². The van der Waals surface area contributed by atoms with Crippen LogP contribution in [-0.2, 0) is 17.8 Å². The van der Waals surface area contributed by atoms with Crippen molar-refractivity contribution in [2.75, 3.05) is 13.1 Å². The molecule has 0 aliphatic carbocycles. The minimum atomic E-state index is -1.54. The number of aliphatic carboxylic acids is 1. The second-order valence-electron chi connectivity index (χ2n) is 7.70. The van der Waals surface area contributed by atoms with Crippen LogP contribution in [0.15, 0.2) is 18.2 Å². The molecule has 2 heterocycles. The van der Waals surface area contributed by atoms with E-state index in [4.69, 9.17) is 17.3 Å². The normalized spacial score (nSPS) is 27.0. The fourth-order valence-electron chi connectivity index (χ4n) is 4.35. The van der Waals surface area contributed by atoms with Crippen molar-refractivity contribution in [1.82, 2.24) is 10.6 Å². The van der Waals surface area contributed by atoms with Crippen molar-refractivity contribution >= 4 is 24.7 Å². The van der Waals surface area contributed by atoms with Gasteiger partial charge in [-0.05, 0) is 48.6 Å². The molecule has 2 aliphatic heterocycles. The maximum Gasteiger partial charge on any atom is 0.456 e. The molecule has 148 valence electrons. The van der Waals surface area contributed by atoms with Gasteiger partial charge in [0.05, 0.1) is 5.92 Å². The molecule has 0 bridgehead atoms. The predicted octanol–water partition coefficient (Wildman–Crippen LogP) is 0.225. The molecule has 2 aliphatic rings. The molecule has 9 heteroatoms. The molecule has 0 radical (unpaired) electrons. The van der Waals surface area contributed by atoms with Crippen LogP contribution in [-0.4, -0.2) is 53.4 Å². The monoisotopic (exact) mass is 395 g/mol. The van der Waals surface area contributed by atoms with Crippen LogP contribution in [0.2, 0.25) is 10.8 Å². The summed E-state index contributed by atoms with van der Waals surface area (Å²) in [6.07, 6.45) is 1.76. The average Bonchev–Trinajstić information content (AvgIpc) is 3.10. The zero-order valence-electron chi connectivity index (χ0n) is 15.1. The molecule has 0 saturated carbocycles. The highest BCUT2D eigenvalue weighted by atomic mass is 35.5. The number of carboxylic acid groups (broad SMARTS) is 1. The molecule has 1 aromatic carbocycles. The molecule has 0 aromatic heterocycles. The number of nitrogens with two attached hydrogens (primary N) is 1. The number of nitrogens with one attached hydrogen (secondary N) is 2. The number of carboxylic acids is 1. The van der Waals surface area contributed by atoms with Crippen LogP contribution in [0, 0.1) is 11.8 Å². The third-order valence-corrected chi connectivity index (χ3v) is 6.27. The highest BCUT2D eigenvalue weighted by Gasteiger charge is 2.38. The minimum Gasteiger partial charge on any atom is -0.481 e. The first kappa shape index (κ1) is 20.6. The molecule has 0 amide bonds. The van der Waals surface area contributed by atoms with Gasteiger partial charge in [-0.3, -0.25) is 4.79 Å². The Morgan fingerprint density at radius 1 is 1.33 bits per heavy atom. The summed E-state index contributed by atoms with van der Waals surface area (Å²) in [4.78, 5) is 11.3. The van der Waals surface area contributed by atoms with E-state index in [9.17, 15) is 19.9 Å². The molecule has 7 N–H and O–H groups in total. The lowest BCUT2D eigenvalue weighted by Gasteiger charge is -2.35. The van der Waals surface area contributed by atoms with Gasteiger partial charge >= 0.3 is 13.1 Å². The summed E-state index contributed by atoms with van der Waals surface area (Å²) in [7, 11) is -1.54. The Balaban J connectivity index is 1.63. The zero-order chi connectivity index (χ0) is 19.6. The number of halogens is 1. The largest absolute Gasteiger partial charge is 0.481 e. The highest BCUT2D eigenvalue weighted by molar-refractivity contribution is 6.43. The average molecular weight is 396 g/mol. The van der Waals surface area contributed by atoms with Gasteiger partial charge in [-0.2, -0.15) is 0 Å². The van der Waals surface area contributed by atoms with Crippen LogP contribution in [0.5, 0.6) is 0 Å². The van der Waals surface area contributed by atoms with Gasteiger partial charge in [0.15, 0.2) is 0 Å². The molecule has 5 atom stereocenters. The first-order chi connectivity index (χ1) is 12.9. The lowest BCUT2D eigenvalue weighted by atomic mass is 9.63.